The molecule has 0 unspecified atom stereocenters. The van der Waals surface area contributed by atoms with Crippen LogP contribution < -0.4 is 11.1 Å². The van der Waals surface area contributed by atoms with E-state index < -0.39 is 0 Å². The van der Waals surface area contributed by atoms with Crippen LogP contribution in [0.2, 0.25) is 0 Å². The molecule has 0 aliphatic heterocycles. The van der Waals surface area contributed by atoms with E-state index in [-0.39, 0.29) is 5.91 Å². The van der Waals surface area contributed by atoms with Gasteiger partial charge in [-0.3, -0.25) is 4.79 Å². The lowest BCUT2D eigenvalue weighted by Crippen LogP contribution is -2.14. The third-order valence-electron chi connectivity index (χ3n) is 2.87. The Morgan fingerprint density at radius 2 is 2.11 bits per heavy atom. The highest BCUT2D eigenvalue weighted by molar-refractivity contribution is 9.11. The van der Waals surface area contributed by atoms with Crippen LogP contribution in [0.5, 0.6) is 0 Å². The molecule has 0 aliphatic rings. The Balaban J connectivity index is 1.94. The van der Waals surface area contributed by atoms with Crippen LogP contribution in [0, 0.1) is 6.92 Å². The van der Waals surface area contributed by atoms with Crippen LogP contribution in [-0.2, 0) is 13.1 Å². The maximum Gasteiger partial charge on any atom is 0.248 e. The second-order valence-corrected chi connectivity index (χ2v) is 6.86. The van der Waals surface area contributed by atoms with Crippen LogP contribution in [0.1, 0.15) is 26.4 Å². The van der Waals surface area contributed by atoms with Gasteiger partial charge in [0.25, 0.3) is 0 Å². The number of hydrogen-bond donors (Lipinski definition) is 2. The highest BCUT2D eigenvalue weighted by Crippen LogP contribution is 2.21. The largest absolute Gasteiger partial charge is 0.366 e. The number of primary amides is 1. The molecule has 0 bridgehead atoms. The predicted octanol–water partition coefficient (Wildman–Crippen LogP) is 3.21. The summed E-state index contributed by atoms with van der Waals surface area (Å²) in [5, 5.41) is 3.39. The average molecular weight is 339 g/mol. The molecule has 3 N–H and O–H groups in total. The van der Waals surface area contributed by atoms with Gasteiger partial charge in [-0.15, -0.1) is 11.3 Å². The lowest BCUT2D eigenvalue weighted by atomic mass is 10.0. The zero-order valence-corrected chi connectivity index (χ0v) is 13.0. The molecule has 100 valence electrons. The predicted molar refractivity (Wildman–Crippen MR) is 82.3 cm³/mol. The summed E-state index contributed by atoms with van der Waals surface area (Å²) in [4.78, 5) is 12.4. The van der Waals surface area contributed by atoms with Crippen LogP contribution in [0.4, 0.5) is 0 Å². The van der Waals surface area contributed by atoms with E-state index in [1.54, 1.807) is 17.4 Å². The van der Waals surface area contributed by atoms with E-state index in [9.17, 15) is 4.79 Å². The summed E-state index contributed by atoms with van der Waals surface area (Å²) in [5.41, 5.74) is 8.07. The molecular weight excluding hydrogens is 324 g/mol. The molecule has 0 fully saturated rings. The number of halogens is 1. The summed E-state index contributed by atoms with van der Waals surface area (Å²) in [6.07, 6.45) is 0. The van der Waals surface area contributed by atoms with Gasteiger partial charge in [0.15, 0.2) is 0 Å². The first-order valence-corrected chi connectivity index (χ1v) is 7.51. The monoisotopic (exact) mass is 338 g/mol. The molecule has 0 saturated heterocycles. The van der Waals surface area contributed by atoms with Crippen molar-refractivity contribution in [2.24, 2.45) is 5.73 Å². The number of amides is 1. The molecule has 0 spiro atoms. The molecule has 1 aromatic heterocycles. The van der Waals surface area contributed by atoms with E-state index in [1.165, 1.54) is 10.4 Å². The van der Waals surface area contributed by atoms with Crippen molar-refractivity contribution in [3.63, 3.8) is 0 Å². The zero-order chi connectivity index (χ0) is 13.8. The van der Waals surface area contributed by atoms with Gasteiger partial charge in [0.1, 0.15) is 0 Å². The molecule has 1 amide bonds. The minimum Gasteiger partial charge on any atom is -0.366 e. The van der Waals surface area contributed by atoms with Crippen LogP contribution in [0.3, 0.4) is 0 Å². The Morgan fingerprint density at radius 1 is 1.32 bits per heavy atom. The minimum atomic E-state index is -0.383. The molecule has 0 aliphatic carbocycles. The Kier molecular flexibility index (Phi) is 4.74. The molecule has 2 aromatic rings. The Labute approximate surface area is 125 Å². The molecule has 0 radical (unpaired) electrons. The van der Waals surface area contributed by atoms with Crippen molar-refractivity contribution in [1.82, 2.24) is 5.32 Å². The first kappa shape index (κ1) is 14.2. The number of nitrogens with two attached hydrogens (primary N) is 1. The fourth-order valence-corrected chi connectivity index (χ4v) is 3.27. The van der Waals surface area contributed by atoms with Crippen molar-refractivity contribution in [2.75, 3.05) is 0 Å². The van der Waals surface area contributed by atoms with Crippen molar-refractivity contribution in [3.8, 4) is 0 Å². The van der Waals surface area contributed by atoms with E-state index in [1.807, 2.05) is 19.1 Å². The minimum absolute atomic E-state index is 0.383. The standard InChI is InChI=1S/C14H15BrN2OS/c1-9-6-10(14(16)18)2-3-11(9)7-17-8-12-4-5-13(15)19-12/h2-6,17H,7-8H2,1H3,(H2,16,18). The molecule has 1 heterocycles. The lowest BCUT2D eigenvalue weighted by molar-refractivity contribution is 0.1000. The number of thiophene rings is 1. The van der Waals surface area contributed by atoms with Crippen LogP contribution in [0.25, 0.3) is 0 Å². The van der Waals surface area contributed by atoms with Gasteiger partial charge in [0.05, 0.1) is 3.79 Å². The van der Waals surface area contributed by atoms with E-state index >= 15 is 0 Å². The van der Waals surface area contributed by atoms with E-state index in [0.29, 0.717) is 5.56 Å². The highest BCUT2D eigenvalue weighted by Gasteiger charge is 2.04. The van der Waals surface area contributed by atoms with Gasteiger partial charge in [-0.2, -0.15) is 0 Å². The molecule has 19 heavy (non-hydrogen) atoms. The molecular formula is C14H15BrN2OS. The molecule has 1 aromatic carbocycles. The second kappa shape index (κ2) is 6.32. The SMILES string of the molecule is Cc1cc(C(N)=O)ccc1CNCc1ccc(Br)s1. The Bertz CT molecular complexity index is 595. The average Bonchev–Trinajstić information content (AvgIpc) is 2.77. The smallest absolute Gasteiger partial charge is 0.248 e. The lowest BCUT2D eigenvalue weighted by Gasteiger charge is -2.08. The van der Waals surface area contributed by atoms with Crippen LogP contribution in [0.15, 0.2) is 34.1 Å². The molecule has 0 saturated carbocycles. The first-order valence-electron chi connectivity index (χ1n) is 5.90. The van der Waals surface area contributed by atoms with Crippen LogP contribution in [-0.4, -0.2) is 5.91 Å². The number of aryl methyl sites for hydroxylation is 1. The summed E-state index contributed by atoms with van der Waals surface area (Å²) < 4.78 is 1.14. The fraction of sp³-hybridized carbons (Fsp3) is 0.214. The normalized spacial score (nSPS) is 10.6. The molecule has 3 nitrogen and oxygen atoms in total. The van der Waals surface area contributed by atoms with Crippen molar-refractivity contribution in [2.45, 2.75) is 20.0 Å². The summed E-state index contributed by atoms with van der Waals surface area (Å²) in [7, 11) is 0. The van der Waals surface area contributed by atoms with Gasteiger partial charge in [-0.05, 0) is 58.2 Å². The number of nitrogens with one attached hydrogen (secondary N) is 1. The van der Waals surface area contributed by atoms with Gasteiger partial charge in [0, 0.05) is 23.5 Å². The first-order chi connectivity index (χ1) is 9.06. The van der Waals surface area contributed by atoms with E-state index in [0.717, 1.165) is 22.4 Å². The van der Waals surface area contributed by atoms with E-state index in [4.69, 9.17) is 5.73 Å². The van der Waals surface area contributed by atoms with Gasteiger partial charge < -0.3 is 11.1 Å². The number of rotatable bonds is 5. The van der Waals surface area contributed by atoms with E-state index in [2.05, 4.69) is 33.4 Å². The summed E-state index contributed by atoms with van der Waals surface area (Å²) in [5.74, 6) is -0.383. The van der Waals surface area contributed by atoms with Crippen molar-refractivity contribution < 1.29 is 4.79 Å². The summed E-state index contributed by atoms with van der Waals surface area (Å²) in [6.45, 7) is 3.61. The topological polar surface area (TPSA) is 55.1 Å². The van der Waals surface area contributed by atoms with Crippen LogP contribution >= 0.6 is 27.3 Å². The third-order valence-corrected chi connectivity index (χ3v) is 4.49. The van der Waals surface area contributed by atoms with Crippen molar-refractivity contribution in [1.29, 1.82) is 0 Å². The number of carbonyl (C=O) groups is 1. The quantitative estimate of drug-likeness (QED) is 0.879. The Hall–Kier alpha value is -1.17. The van der Waals surface area contributed by atoms with Crippen molar-refractivity contribution >= 4 is 33.2 Å². The van der Waals surface area contributed by atoms with Crippen molar-refractivity contribution in [3.05, 3.63) is 55.7 Å². The Morgan fingerprint density at radius 3 is 2.68 bits per heavy atom. The molecule has 5 heteroatoms. The molecule has 0 atom stereocenters. The number of benzene rings is 1. The second-order valence-electron chi connectivity index (χ2n) is 4.31. The zero-order valence-electron chi connectivity index (χ0n) is 10.6. The summed E-state index contributed by atoms with van der Waals surface area (Å²) in [6, 6.07) is 9.71. The third kappa shape index (κ3) is 3.89. The summed E-state index contributed by atoms with van der Waals surface area (Å²) >= 11 is 5.18. The van der Waals surface area contributed by atoms with Gasteiger partial charge in [-0.25, -0.2) is 0 Å². The number of carbonyl (C=O) groups excluding carboxylic acids is 1. The fourth-order valence-electron chi connectivity index (χ4n) is 1.81. The molecule has 2 rings (SSSR count). The maximum absolute atomic E-state index is 11.1. The van der Waals surface area contributed by atoms with Gasteiger partial charge in [0.2, 0.25) is 5.91 Å². The highest BCUT2D eigenvalue weighted by atomic mass is 79.9. The maximum atomic E-state index is 11.1. The number of hydrogen-bond acceptors (Lipinski definition) is 3. The van der Waals surface area contributed by atoms with Gasteiger partial charge in [-0.1, -0.05) is 6.07 Å². The van der Waals surface area contributed by atoms with Gasteiger partial charge >= 0.3 is 0 Å².